The van der Waals surface area contributed by atoms with Gasteiger partial charge in [-0.15, -0.1) is 0 Å². The average Bonchev–Trinajstić information content (AvgIpc) is 3.11. The Morgan fingerprint density at radius 1 is 1.21 bits per heavy atom. The molecule has 2 aromatic heterocycles. The van der Waals surface area contributed by atoms with Crippen molar-refractivity contribution in [2.45, 2.75) is 41.0 Å². The molecule has 0 saturated heterocycles. The van der Waals surface area contributed by atoms with Gasteiger partial charge in [0.2, 0.25) is 5.69 Å². The van der Waals surface area contributed by atoms with Crippen LogP contribution in [0.1, 0.15) is 47.3 Å². The molecule has 0 saturated carbocycles. The second-order valence-corrected chi connectivity index (χ2v) is 7.95. The van der Waals surface area contributed by atoms with E-state index in [9.17, 15) is 5.26 Å². The molecule has 0 radical (unpaired) electrons. The Morgan fingerprint density at radius 2 is 1.97 bits per heavy atom. The second-order valence-electron chi connectivity index (χ2n) is 7.95. The Bertz CT molecular complexity index is 1490. The molecule has 2 heterocycles. The number of pyridine rings is 1. The summed E-state index contributed by atoms with van der Waals surface area (Å²) in [6.07, 6.45) is -1.84. The fourth-order valence-corrected chi connectivity index (χ4v) is 3.84. The van der Waals surface area contributed by atoms with Crippen molar-refractivity contribution in [1.82, 2.24) is 0 Å². The number of hydrogen-bond acceptors (Lipinski definition) is 2. The van der Waals surface area contributed by atoms with Crippen LogP contribution in [0.4, 0.5) is 0 Å². The van der Waals surface area contributed by atoms with Crippen LogP contribution < -0.4 is 4.57 Å². The minimum Gasteiger partial charge on any atom is -0.455 e. The van der Waals surface area contributed by atoms with Gasteiger partial charge in [-0.2, -0.15) is 9.83 Å². The Labute approximate surface area is 177 Å². The fourth-order valence-electron chi connectivity index (χ4n) is 3.84. The van der Waals surface area contributed by atoms with E-state index in [1.807, 2.05) is 38.1 Å². The Balaban J connectivity index is 2.21. The molecular weight excluding hydrogens is 356 g/mol. The quantitative estimate of drug-likeness (QED) is 0.400. The molecule has 0 spiro atoms. The van der Waals surface area contributed by atoms with Gasteiger partial charge in [-0.1, -0.05) is 26.0 Å². The number of aryl methyl sites for hydroxylation is 2. The van der Waals surface area contributed by atoms with E-state index < -0.39 is 12.3 Å². The molecule has 146 valence electrons. The number of nitrogens with zero attached hydrogens (tertiary/aromatic N) is 2. The van der Waals surface area contributed by atoms with Crippen molar-refractivity contribution in [2.75, 3.05) is 0 Å². The fraction of sp³-hybridized carbons (Fsp3) is 0.308. The zero-order valence-corrected chi connectivity index (χ0v) is 17.7. The van der Waals surface area contributed by atoms with Gasteiger partial charge in [0.25, 0.3) is 0 Å². The summed E-state index contributed by atoms with van der Waals surface area (Å²) >= 11 is 0. The highest BCUT2D eigenvalue weighted by Gasteiger charge is 2.23. The minimum atomic E-state index is -1.84. The summed E-state index contributed by atoms with van der Waals surface area (Å²) < 4.78 is 43.1. The van der Waals surface area contributed by atoms with Gasteiger partial charge in [0.05, 0.1) is 19.9 Å². The van der Waals surface area contributed by atoms with Gasteiger partial charge in [0, 0.05) is 32.5 Å². The van der Waals surface area contributed by atoms with Crippen molar-refractivity contribution in [3.05, 3.63) is 64.3 Å². The van der Waals surface area contributed by atoms with Crippen molar-refractivity contribution in [3.8, 4) is 17.3 Å². The number of aromatic nitrogens is 1. The SMILES string of the molecule is [2H]c1c(C([2H])([2H])C(C)C)c([2H])c(-c2c(C)ccc3c2oc2cc(C)cc(C#N)c23)[n+](C)c1C. The predicted octanol–water partition coefficient (Wildman–Crippen LogP) is 6.07. The lowest BCUT2D eigenvalue weighted by Gasteiger charge is -2.11. The summed E-state index contributed by atoms with van der Waals surface area (Å²) in [6.45, 7) is 9.14. The molecule has 4 aromatic rings. The largest absolute Gasteiger partial charge is 0.455 e. The first kappa shape index (κ1) is 14.8. The maximum absolute atomic E-state index is 9.72. The van der Waals surface area contributed by atoms with Gasteiger partial charge in [0.15, 0.2) is 5.69 Å². The number of nitriles is 1. The summed E-state index contributed by atoms with van der Waals surface area (Å²) in [5, 5.41) is 11.2. The van der Waals surface area contributed by atoms with E-state index in [-0.39, 0.29) is 17.6 Å². The third kappa shape index (κ3) is 3.19. The molecule has 0 fully saturated rings. The number of rotatable bonds is 3. The highest BCUT2D eigenvalue weighted by molar-refractivity contribution is 6.12. The van der Waals surface area contributed by atoms with Gasteiger partial charge in [-0.25, -0.2) is 0 Å². The summed E-state index contributed by atoms with van der Waals surface area (Å²) in [5.41, 5.74) is 5.33. The van der Waals surface area contributed by atoms with Crippen molar-refractivity contribution in [3.63, 3.8) is 0 Å². The molecule has 4 rings (SSSR count). The average molecular weight is 388 g/mol. The van der Waals surface area contributed by atoms with Crippen LogP contribution in [0.15, 0.2) is 40.8 Å². The second kappa shape index (κ2) is 7.04. The monoisotopic (exact) mass is 387 g/mol. The molecule has 0 aliphatic carbocycles. The summed E-state index contributed by atoms with van der Waals surface area (Å²) in [4.78, 5) is 0. The number of furan rings is 1. The van der Waals surface area contributed by atoms with Crippen LogP contribution in [-0.2, 0) is 13.4 Å². The molecule has 0 N–H and O–H groups in total. The van der Waals surface area contributed by atoms with E-state index in [0.29, 0.717) is 33.7 Å². The molecule has 0 aliphatic rings. The van der Waals surface area contributed by atoms with Crippen molar-refractivity contribution in [2.24, 2.45) is 13.0 Å². The Morgan fingerprint density at radius 3 is 2.66 bits per heavy atom. The number of hydrogen-bond donors (Lipinski definition) is 0. The van der Waals surface area contributed by atoms with E-state index in [1.165, 1.54) is 0 Å². The highest BCUT2D eigenvalue weighted by atomic mass is 16.3. The molecular formula is C26H27N2O+. The smallest absolute Gasteiger partial charge is 0.216 e. The normalized spacial score (nSPS) is 14.0. The third-order valence-corrected chi connectivity index (χ3v) is 5.27. The van der Waals surface area contributed by atoms with Crippen LogP contribution in [0, 0.1) is 38.0 Å². The molecule has 29 heavy (non-hydrogen) atoms. The van der Waals surface area contributed by atoms with E-state index in [2.05, 4.69) is 6.07 Å². The first-order valence-corrected chi connectivity index (χ1v) is 9.79. The zero-order chi connectivity index (χ0) is 24.4. The van der Waals surface area contributed by atoms with Gasteiger partial charge in [-0.05, 0) is 55.0 Å². The molecule has 3 heteroatoms. The maximum Gasteiger partial charge on any atom is 0.216 e. The summed E-state index contributed by atoms with van der Waals surface area (Å²) in [5.74, 6) is -0.407. The molecule has 0 atom stereocenters. The summed E-state index contributed by atoms with van der Waals surface area (Å²) in [7, 11) is 1.79. The van der Waals surface area contributed by atoms with Crippen LogP contribution in [0.3, 0.4) is 0 Å². The lowest BCUT2D eigenvalue weighted by molar-refractivity contribution is -0.666. The highest BCUT2D eigenvalue weighted by Crippen LogP contribution is 2.39. The van der Waals surface area contributed by atoms with E-state index >= 15 is 0 Å². The van der Waals surface area contributed by atoms with Crippen LogP contribution in [-0.4, -0.2) is 0 Å². The van der Waals surface area contributed by atoms with Crippen LogP contribution in [0.5, 0.6) is 0 Å². The standard InChI is InChI=1S/C26H27N2O/c1-15(2)9-19-12-18(5)28(6)22(13-19)24-17(4)7-8-21-25-20(14-27)10-16(3)11-23(25)29-26(21)24/h7-8,10-13,15H,9H2,1-6H3/q+1/i9D2,12D,13D. The first-order chi connectivity index (χ1) is 15.4. The third-order valence-electron chi connectivity index (χ3n) is 5.27. The predicted molar refractivity (Wildman–Crippen MR) is 118 cm³/mol. The summed E-state index contributed by atoms with van der Waals surface area (Å²) in [6, 6.07) is 9.90. The topological polar surface area (TPSA) is 40.8 Å². The van der Waals surface area contributed by atoms with Crippen molar-refractivity contribution >= 4 is 21.9 Å². The minimum absolute atomic E-state index is 0.0143. The van der Waals surface area contributed by atoms with Crippen molar-refractivity contribution in [1.29, 1.82) is 5.26 Å². The van der Waals surface area contributed by atoms with Crippen LogP contribution in [0.2, 0.25) is 0 Å². The van der Waals surface area contributed by atoms with E-state index in [1.54, 1.807) is 32.4 Å². The molecule has 0 unspecified atom stereocenters. The van der Waals surface area contributed by atoms with Gasteiger partial charge < -0.3 is 4.42 Å². The van der Waals surface area contributed by atoms with Gasteiger partial charge in [-0.3, -0.25) is 0 Å². The number of fused-ring (bicyclic) bond motifs is 3. The van der Waals surface area contributed by atoms with E-state index in [0.717, 1.165) is 21.9 Å². The zero-order valence-electron chi connectivity index (χ0n) is 21.7. The lowest BCUT2D eigenvalue weighted by atomic mass is 9.96. The molecule has 0 amide bonds. The molecule has 2 aromatic carbocycles. The molecule has 3 nitrogen and oxygen atoms in total. The molecule has 0 bridgehead atoms. The van der Waals surface area contributed by atoms with Gasteiger partial charge >= 0.3 is 0 Å². The Kier molecular flexibility index (Phi) is 3.60. The van der Waals surface area contributed by atoms with Crippen molar-refractivity contribution < 1.29 is 14.5 Å². The molecule has 0 aliphatic heterocycles. The maximum atomic E-state index is 9.72. The van der Waals surface area contributed by atoms with Gasteiger partial charge in [0.1, 0.15) is 18.2 Å². The van der Waals surface area contributed by atoms with Crippen LogP contribution >= 0.6 is 0 Å². The first-order valence-electron chi connectivity index (χ1n) is 11.8. The van der Waals surface area contributed by atoms with E-state index in [4.69, 9.17) is 9.90 Å². The Hall–Kier alpha value is -3.12. The number of benzene rings is 2. The lowest BCUT2D eigenvalue weighted by Crippen LogP contribution is -2.35. The van der Waals surface area contributed by atoms with Crippen LogP contribution in [0.25, 0.3) is 33.2 Å².